The minimum absolute atomic E-state index is 0.369. The van der Waals surface area contributed by atoms with Gasteiger partial charge in [0.05, 0.1) is 0 Å². The first-order valence-electron chi connectivity index (χ1n) is 5.84. The number of hydrogen-bond acceptors (Lipinski definition) is 4. The van der Waals surface area contributed by atoms with Crippen molar-refractivity contribution in [3.8, 4) is 0 Å². The molecule has 1 atom stereocenters. The van der Waals surface area contributed by atoms with E-state index in [2.05, 4.69) is 36.1 Å². The van der Waals surface area contributed by atoms with Gasteiger partial charge >= 0.3 is 0 Å². The van der Waals surface area contributed by atoms with E-state index in [0.29, 0.717) is 11.3 Å². The summed E-state index contributed by atoms with van der Waals surface area (Å²) in [6, 6.07) is 0.369. The number of aromatic nitrogens is 2. The fraction of sp³-hybridized carbons (Fsp3) is 0.667. The Labute approximate surface area is 102 Å². The first kappa shape index (κ1) is 13.5. The van der Waals surface area contributed by atoms with Gasteiger partial charge < -0.3 is 5.32 Å². The largest absolute Gasteiger partial charge is 0.309 e. The predicted molar refractivity (Wildman–Crippen MR) is 70.7 cm³/mol. The van der Waals surface area contributed by atoms with Gasteiger partial charge in [0.15, 0.2) is 0 Å². The number of nitrogens with zero attached hydrogens (tertiary/aromatic N) is 2. The molecule has 1 N–H and O–H groups in total. The van der Waals surface area contributed by atoms with Crippen LogP contribution in [0.4, 0.5) is 0 Å². The average molecular weight is 239 g/mol. The van der Waals surface area contributed by atoms with Crippen molar-refractivity contribution in [3.63, 3.8) is 0 Å². The van der Waals surface area contributed by atoms with E-state index in [1.807, 2.05) is 24.2 Å². The second-order valence-electron chi connectivity index (χ2n) is 4.06. The van der Waals surface area contributed by atoms with Crippen LogP contribution in [0.2, 0.25) is 0 Å². The van der Waals surface area contributed by atoms with Crippen LogP contribution in [-0.2, 0) is 0 Å². The highest BCUT2D eigenvalue weighted by Gasteiger charge is 2.11. The summed E-state index contributed by atoms with van der Waals surface area (Å²) in [6.45, 7) is 7.67. The lowest BCUT2D eigenvalue weighted by molar-refractivity contribution is 0.573. The molecule has 0 saturated heterocycles. The van der Waals surface area contributed by atoms with Crippen molar-refractivity contribution < 1.29 is 0 Å². The van der Waals surface area contributed by atoms with Crippen LogP contribution < -0.4 is 5.32 Å². The van der Waals surface area contributed by atoms with Crippen LogP contribution in [0.1, 0.15) is 38.8 Å². The van der Waals surface area contributed by atoms with Crippen LogP contribution >= 0.6 is 11.8 Å². The van der Waals surface area contributed by atoms with Crippen molar-refractivity contribution in [1.29, 1.82) is 0 Å². The molecule has 0 bridgehead atoms. The minimum atomic E-state index is 0.369. The molecule has 16 heavy (non-hydrogen) atoms. The number of rotatable bonds is 7. The Balaban J connectivity index is 2.56. The smallest absolute Gasteiger partial charge is 0.115 e. The molecule has 0 aliphatic heterocycles. The Morgan fingerprint density at radius 1 is 1.31 bits per heavy atom. The monoisotopic (exact) mass is 239 g/mol. The molecule has 4 heteroatoms. The maximum absolute atomic E-state index is 4.08. The second kappa shape index (κ2) is 7.63. The molecule has 0 aliphatic carbocycles. The third-order valence-corrected chi connectivity index (χ3v) is 3.41. The van der Waals surface area contributed by atoms with Gasteiger partial charge in [-0.05, 0) is 18.2 Å². The van der Waals surface area contributed by atoms with Crippen molar-refractivity contribution >= 4 is 11.8 Å². The Morgan fingerprint density at radius 3 is 2.56 bits per heavy atom. The normalized spacial score (nSPS) is 13.0. The number of nitrogens with one attached hydrogen (secondary N) is 1. The lowest BCUT2D eigenvalue weighted by Crippen LogP contribution is -2.24. The van der Waals surface area contributed by atoms with E-state index in [1.165, 1.54) is 5.56 Å². The molecule has 0 spiro atoms. The summed E-state index contributed by atoms with van der Waals surface area (Å²) in [6.07, 6.45) is 6.54. The minimum Gasteiger partial charge on any atom is -0.309 e. The fourth-order valence-corrected chi connectivity index (χ4v) is 2.26. The molecule has 0 aromatic carbocycles. The van der Waals surface area contributed by atoms with Gasteiger partial charge in [-0.1, -0.05) is 20.8 Å². The van der Waals surface area contributed by atoms with E-state index >= 15 is 0 Å². The van der Waals surface area contributed by atoms with Crippen LogP contribution in [0.15, 0.2) is 18.7 Å². The molecular formula is C12H21N3S. The molecule has 1 rings (SSSR count). The third-order valence-electron chi connectivity index (χ3n) is 2.22. The summed E-state index contributed by atoms with van der Waals surface area (Å²) in [4.78, 5) is 8.16. The van der Waals surface area contributed by atoms with E-state index in [-0.39, 0.29) is 0 Å². The lowest BCUT2D eigenvalue weighted by atomic mass is 10.2. The maximum atomic E-state index is 4.08. The van der Waals surface area contributed by atoms with Crippen LogP contribution in [-0.4, -0.2) is 27.5 Å². The van der Waals surface area contributed by atoms with Gasteiger partial charge in [-0.3, -0.25) is 0 Å². The summed E-state index contributed by atoms with van der Waals surface area (Å²) in [7, 11) is 0. The Kier molecular flexibility index (Phi) is 6.42. The summed E-state index contributed by atoms with van der Waals surface area (Å²) in [5.74, 6) is 1.07. The average Bonchev–Trinajstić information content (AvgIpc) is 2.30. The molecule has 3 nitrogen and oxygen atoms in total. The quantitative estimate of drug-likeness (QED) is 0.794. The van der Waals surface area contributed by atoms with Crippen molar-refractivity contribution in [2.75, 3.05) is 12.3 Å². The molecule has 0 fully saturated rings. The fourth-order valence-electron chi connectivity index (χ4n) is 1.37. The lowest BCUT2D eigenvalue weighted by Gasteiger charge is -2.18. The standard InChI is InChI=1S/C12H21N3S/c1-4-5-15-12(8-16-10(2)3)11-6-13-9-14-7-11/h6-7,9-10,12,15H,4-5,8H2,1-3H3. The van der Waals surface area contributed by atoms with Gasteiger partial charge in [0.25, 0.3) is 0 Å². The molecule has 1 aromatic rings. The molecule has 0 saturated carbocycles. The van der Waals surface area contributed by atoms with Crippen LogP contribution in [0.5, 0.6) is 0 Å². The number of thioether (sulfide) groups is 1. The summed E-state index contributed by atoms with van der Waals surface area (Å²) in [5.41, 5.74) is 1.18. The Hall–Kier alpha value is -0.610. The first-order chi connectivity index (χ1) is 7.74. The van der Waals surface area contributed by atoms with E-state index in [4.69, 9.17) is 0 Å². The zero-order chi connectivity index (χ0) is 11.8. The summed E-state index contributed by atoms with van der Waals surface area (Å²) >= 11 is 1.97. The third kappa shape index (κ3) is 4.94. The zero-order valence-electron chi connectivity index (χ0n) is 10.3. The molecule has 0 aliphatic rings. The van der Waals surface area contributed by atoms with Crippen molar-refractivity contribution in [3.05, 3.63) is 24.3 Å². The number of hydrogen-bond donors (Lipinski definition) is 1. The van der Waals surface area contributed by atoms with Crippen LogP contribution in [0.3, 0.4) is 0 Å². The summed E-state index contributed by atoms with van der Waals surface area (Å²) in [5, 5.41) is 4.20. The van der Waals surface area contributed by atoms with Crippen molar-refractivity contribution in [2.45, 2.75) is 38.5 Å². The maximum Gasteiger partial charge on any atom is 0.115 e. The van der Waals surface area contributed by atoms with E-state index < -0.39 is 0 Å². The van der Waals surface area contributed by atoms with Crippen molar-refractivity contribution in [2.24, 2.45) is 0 Å². The van der Waals surface area contributed by atoms with Gasteiger partial charge in [0.2, 0.25) is 0 Å². The first-order valence-corrected chi connectivity index (χ1v) is 6.88. The Bertz CT molecular complexity index is 277. The second-order valence-corrected chi connectivity index (χ2v) is 5.67. The van der Waals surface area contributed by atoms with E-state index in [9.17, 15) is 0 Å². The molecule has 1 aromatic heterocycles. The molecule has 1 unspecified atom stereocenters. The van der Waals surface area contributed by atoms with Gasteiger partial charge in [-0.2, -0.15) is 11.8 Å². The van der Waals surface area contributed by atoms with Gasteiger partial charge in [0, 0.05) is 29.8 Å². The van der Waals surface area contributed by atoms with E-state index in [0.717, 1.165) is 18.7 Å². The molecule has 1 heterocycles. The highest BCUT2D eigenvalue weighted by Crippen LogP contribution is 2.20. The SMILES string of the molecule is CCCNC(CSC(C)C)c1cncnc1. The van der Waals surface area contributed by atoms with Gasteiger partial charge in [-0.15, -0.1) is 0 Å². The van der Waals surface area contributed by atoms with Crippen LogP contribution in [0.25, 0.3) is 0 Å². The van der Waals surface area contributed by atoms with E-state index in [1.54, 1.807) is 6.33 Å². The molecule has 0 amide bonds. The van der Waals surface area contributed by atoms with Crippen molar-refractivity contribution in [1.82, 2.24) is 15.3 Å². The summed E-state index contributed by atoms with van der Waals surface area (Å²) < 4.78 is 0. The molecule has 90 valence electrons. The van der Waals surface area contributed by atoms with Crippen LogP contribution in [0, 0.1) is 0 Å². The highest BCUT2D eigenvalue weighted by molar-refractivity contribution is 7.99. The molecular weight excluding hydrogens is 218 g/mol. The highest BCUT2D eigenvalue weighted by atomic mass is 32.2. The Morgan fingerprint density at radius 2 is 2.00 bits per heavy atom. The van der Waals surface area contributed by atoms with Gasteiger partial charge in [0.1, 0.15) is 6.33 Å². The topological polar surface area (TPSA) is 37.8 Å². The predicted octanol–water partition coefficient (Wildman–Crippen LogP) is 2.66. The molecule has 0 radical (unpaired) electrons. The zero-order valence-corrected chi connectivity index (χ0v) is 11.1. The van der Waals surface area contributed by atoms with Gasteiger partial charge in [-0.25, -0.2) is 9.97 Å².